The number of hydrogen-bond acceptors (Lipinski definition) is 1. The maximum atomic E-state index is 5.23. The molecule has 0 bridgehead atoms. The van der Waals surface area contributed by atoms with Crippen LogP contribution in [0.3, 0.4) is 0 Å². The molecule has 3 N–H and O–H groups in total. The van der Waals surface area contributed by atoms with E-state index in [1.807, 2.05) is 0 Å². The lowest BCUT2D eigenvalue weighted by Gasteiger charge is -2.01. The molecule has 0 radical (unpaired) electrons. The van der Waals surface area contributed by atoms with Gasteiger partial charge in [-0.05, 0) is 18.6 Å². The second-order valence-electron chi connectivity index (χ2n) is 2.35. The summed E-state index contributed by atoms with van der Waals surface area (Å²) in [5.41, 5.74) is 5.23. The first-order chi connectivity index (χ1) is 4.77. The minimum absolute atomic E-state index is 0.413. The van der Waals surface area contributed by atoms with Gasteiger partial charge in [-0.15, -0.1) is 0 Å². The fraction of sp³-hybridized carbons (Fsp3) is 0.857. The van der Waals surface area contributed by atoms with Crippen LogP contribution in [0.4, 0.5) is 0 Å². The molecule has 10 heavy (non-hydrogen) atoms. The molecule has 0 rings (SSSR count). The lowest BCUT2D eigenvalue weighted by Crippen LogP contribution is -2.29. The van der Waals surface area contributed by atoms with Crippen LogP contribution in [-0.4, -0.2) is 11.7 Å². The number of thiocarbonyl (C=S) groups is 1. The van der Waals surface area contributed by atoms with Gasteiger partial charge >= 0.3 is 0 Å². The quantitative estimate of drug-likeness (QED) is 0.471. The minimum atomic E-state index is 0.413. The van der Waals surface area contributed by atoms with E-state index in [0.29, 0.717) is 5.11 Å². The van der Waals surface area contributed by atoms with E-state index in [2.05, 4.69) is 24.5 Å². The van der Waals surface area contributed by atoms with E-state index < -0.39 is 0 Å². The van der Waals surface area contributed by atoms with Crippen molar-refractivity contribution in [2.24, 2.45) is 5.73 Å². The van der Waals surface area contributed by atoms with Crippen LogP contribution in [0.5, 0.6) is 0 Å². The molecule has 0 aliphatic heterocycles. The van der Waals surface area contributed by atoms with Gasteiger partial charge in [0.15, 0.2) is 5.11 Å². The summed E-state index contributed by atoms with van der Waals surface area (Å²) in [6.45, 7) is 3.12. The molecule has 60 valence electrons. The van der Waals surface area contributed by atoms with Crippen LogP contribution in [0.15, 0.2) is 0 Å². The van der Waals surface area contributed by atoms with E-state index in [1.165, 1.54) is 25.7 Å². The molecule has 0 aliphatic rings. The van der Waals surface area contributed by atoms with Gasteiger partial charge in [-0.25, -0.2) is 0 Å². The summed E-state index contributed by atoms with van der Waals surface area (Å²) in [7, 11) is 0. The van der Waals surface area contributed by atoms with Crippen molar-refractivity contribution in [3.8, 4) is 0 Å². The Hall–Kier alpha value is -0.310. The molecule has 3 heteroatoms. The second kappa shape index (κ2) is 6.81. The fourth-order valence-electron chi connectivity index (χ4n) is 0.763. The highest BCUT2D eigenvalue weighted by Gasteiger charge is 1.87. The molecule has 0 aromatic carbocycles. The first kappa shape index (κ1) is 9.69. The van der Waals surface area contributed by atoms with E-state index in [1.54, 1.807) is 0 Å². The van der Waals surface area contributed by atoms with Crippen LogP contribution in [-0.2, 0) is 0 Å². The molecule has 0 saturated carbocycles. The standard InChI is InChI=1S/C7H16N2S/c1-2-3-4-5-6-9-7(8)10/h2-6H2,1H3,(H3,8,9,10). The second-order valence-corrected chi connectivity index (χ2v) is 2.79. The van der Waals surface area contributed by atoms with Crippen LogP contribution in [0.2, 0.25) is 0 Å². The summed E-state index contributed by atoms with van der Waals surface area (Å²) in [6, 6.07) is 0. The van der Waals surface area contributed by atoms with Crippen molar-refractivity contribution >= 4 is 17.3 Å². The molecule has 0 saturated heterocycles. The number of hydrogen-bond donors (Lipinski definition) is 2. The molecule has 0 unspecified atom stereocenters. The van der Waals surface area contributed by atoms with Gasteiger partial charge in [-0.3, -0.25) is 0 Å². The smallest absolute Gasteiger partial charge is 0.163 e. The lowest BCUT2D eigenvalue weighted by atomic mass is 10.2. The Labute approximate surface area is 68.2 Å². The van der Waals surface area contributed by atoms with Gasteiger partial charge in [0, 0.05) is 6.54 Å². The predicted octanol–water partition coefficient (Wildman–Crippen LogP) is 1.40. The van der Waals surface area contributed by atoms with E-state index in [4.69, 9.17) is 5.73 Å². The maximum Gasteiger partial charge on any atom is 0.163 e. The van der Waals surface area contributed by atoms with E-state index >= 15 is 0 Å². The molecule has 0 heterocycles. The van der Waals surface area contributed by atoms with Gasteiger partial charge in [0.2, 0.25) is 0 Å². The third kappa shape index (κ3) is 7.69. The van der Waals surface area contributed by atoms with Gasteiger partial charge in [-0.1, -0.05) is 26.2 Å². The SMILES string of the molecule is CCCCCCNC(N)=S. The lowest BCUT2D eigenvalue weighted by molar-refractivity contribution is 0.655. The molecule has 0 amide bonds. The number of rotatable bonds is 5. The fourth-order valence-corrected chi connectivity index (χ4v) is 0.865. The Morgan fingerprint density at radius 2 is 2.10 bits per heavy atom. The summed E-state index contributed by atoms with van der Waals surface area (Å²) < 4.78 is 0. The number of unbranched alkanes of at least 4 members (excludes halogenated alkanes) is 3. The van der Waals surface area contributed by atoms with Crippen molar-refractivity contribution in [2.45, 2.75) is 32.6 Å². The topological polar surface area (TPSA) is 38.0 Å². The van der Waals surface area contributed by atoms with Gasteiger partial charge in [-0.2, -0.15) is 0 Å². The summed E-state index contributed by atoms with van der Waals surface area (Å²) >= 11 is 4.64. The first-order valence-electron chi connectivity index (χ1n) is 3.80. The van der Waals surface area contributed by atoms with Gasteiger partial charge in [0.1, 0.15) is 0 Å². The average Bonchev–Trinajstić information content (AvgIpc) is 1.87. The third-order valence-corrected chi connectivity index (χ3v) is 1.47. The Bertz CT molecular complexity index is 93.6. The monoisotopic (exact) mass is 160 g/mol. The molecule has 0 spiro atoms. The molecular formula is C7H16N2S. The number of nitrogens with two attached hydrogens (primary N) is 1. The molecule has 0 aromatic heterocycles. The Morgan fingerprint density at radius 3 is 2.60 bits per heavy atom. The van der Waals surface area contributed by atoms with Crippen molar-refractivity contribution in [1.82, 2.24) is 5.32 Å². The highest BCUT2D eigenvalue weighted by atomic mass is 32.1. The van der Waals surface area contributed by atoms with E-state index in [-0.39, 0.29) is 0 Å². The first-order valence-corrected chi connectivity index (χ1v) is 4.21. The predicted molar refractivity (Wildman–Crippen MR) is 48.9 cm³/mol. The van der Waals surface area contributed by atoms with Crippen molar-refractivity contribution in [3.63, 3.8) is 0 Å². The molecule has 2 nitrogen and oxygen atoms in total. The normalized spacial score (nSPS) is 9.30. The van der Waals surface area contributed by atoms with Crippen molar-refractivity contribution in [2.75, 3.05) is 6.54 Å². The average molecular weight is 160 g/mol. The Morgan fingerprint density at radius 1 is 1.40 bits per heavy atom. The molecule has 0 atom stereocenters. The van der Waals surface area contributed by atoms with Crippen LogP contribution >= 0.6 is 12.2 Å². The van der Waals surface area contributed by atoms with Crippen molar-refractivity contribution in [3.05, 3.63) is 0 Å². The Kier molecular flexibility index (Phi) is 6.59. The van der Waals surface area contributed by atoms with Gasteiger partial charge < -0.3 is 11.1 Å². The van der Waals surface area contributed by atoms with Crippen LogP contribution in [0.1, 0.15) is 32.6 Å². The van der Waals surface area contributed by atoms with E-state index in [9.17, 15) is 0 Å². The maximum absolute atomic E-state index is 5.23. The van der Waals surface area contributed by atoms with Crippen molar-refractivity contribution < 1.29 is 0 Å². The third-order valence-electron chi connectivity index (χ3n) is 1.33. The summed E-state index contributed by atoms with van der Waals surface area (Å²) in [5, 5.41) is 3.33. The van der Waals surface area contributed by atoms with Crippen molar-refractivity contribution in [1.29, 1.82) is 0 Å². The Balaban J connectivity index is 2.84. The molecule has 0 aliphatic carbocycles. The molecule has 0 fully saturated rings. The molecular weight excluding hydrogens is 144 g/mol. The highest BCUT2D eigenvalue weighted by Crippen LogP contribution is 1.96. The summed E-state index contributed by atoms with van der Waals surface area (Å²) in [5.74, 6) is 0. The zero-order chi connectivity index (χ0) is 7.82. The van der Waals surface area contributed by atoms with Crippen LogP contribution in [0, 0.1) is 0 Å². The van der Waals surface area contributed by atoms with Crippen LogP contribution in [0.25, 0.3) is 0 Å². The zero-order valence-electron chi connectivity index (χ0n) is 6.52. The summed E-state index contributed by atoms with van der Waals surface area (Å²) in [4.78, 5) is 0. The summed E-state index contributed by atoms with van der Waals surface area (Å²) in [6.07, 6.45) is 5.02. The van der Waals surface area contributed by atoms with Gasteiger partial charge in [0.25, 0.3) is 0 Å². The highest BCUT2D eigenvalue weighted by molar-refractivity contribution is 7.80. The van der Waals surface area contributed by atoms with Crippen LogP contribution < -0.4 is 11.1 Å². The number of nitrogens with one attached hydrogen (secondary N) is 1. The molecule has 0 aromatic rings. The van der Waals surface area contributed by atoms with Gasteiger partial charge in [0.05, 0.1) is 0 Å². The minimum Gasteiger partial charge on any atom is -0.376 e. The van der Waals surface area contributed by atoms with E-state index in [0.717, 1.165) is 6.54 Å². The zero-order valence-corrected chi connectivity index (χ0v) is 7.34. The largest absolute Gasteiger partial charge is 0.376 e.